The van der Waals surface area contributed by atoms with Gasteiger partial charge < -0.3 is 19.8 Å². The summed E-state index contributed by atoms with van der Waals surface area (Å²) in [6.07, 6.45) is 4.71. The Balaban J connectivity index is 1.94. The van der Waals surface area contributed by atoms with E-state index in [1.54, 1.807) is 0 Å². The topological polar surface area (TPSA) is 80.3 Å². The number of aliphatic carboxylic acids is 2. The molecule has 0 aromatic heterocycles. The van der Waals surface area contributed by atoms with Crippen LogP contribution < -0.4 is 10.2 Å². The molecule has 0 N–H and O–H groups in total. The van der Waals surface area contributed by atoms with Crippen LogP contribution in [0.1, 0.15) is 44.9 Å². The Labute approximate surface area is 100 Å². The average molecular weight is 236 g/mol. The van der Waals surface area contributed by atoms with Gasteiger partial charge in [-0.3, -0.25) is 0 Å². The first-order valence-corrected chi connectivity index (χ1v) is 6.34. The maximum Gasteiger partial charge on any atom is 0.0476 e. The van der Waals surface area contributed by atoms with Crippen molar-refractivity contribution in [1.29, 1.82) is 0 Å². The second-order valence-electron chi connectivity index (χ2n) is 6.58. The summed E-state index contributed by atoms with van der Waals surface area (Å²) in [5.41, 5.74) is -1.05. The molecular formula is C13H16O4-2. The molecule has 4 nitrogen and oxygen atoms in total. The fraction of sp³-hybridized carbons (Fsp3) is 0.846. The predicted octanol–water partition coefficient (Wildman–Crippen LogP) is -0.537. The van der Waals surface area contributed by atoms with Crippen LogP contribution in [-0.4, -0.2) is 11.9 Å². The molecule has 0 aromatic carbocycles. The van der Waals surface area contributed by atoms with E-state index in [4.69, 9.17) is 0 Å². The van der Waals surface area contributed by atoms with E-state index in [1.165, 1.54) is 0 Å². The second kappa shape index (κ2) is 3.24. The molecule has 0 radical (unpaired) electrons. The van der Waals surface area contributed by atoms with Gasteiger partial charge in [0.15, 0.2) is 0 Å². The summed E-state index contributed by atoms with van der Waals surface area (Å²) in [5, 5.41) is 22.3. The Kier molecular flexibility index (Phi) is 2.11. The lowest BCUT2D eigenvalue weighted by Gasteiger charge is -2.62. The molecule has 0 saturated heterocycles. The number of carboxylic acids is 2. The smallest absolute Gasteiger partial charge is 0.0476 e. The van der Waals surface area contributed by atoms with E-state index < -0.39 is 17.4 Å². The third-order valence-corrected chi connectivity index (χ3v) is 5.13. The van der Waals surface area contributed by atoms with Crippen LogP contribution in [0.4, 0.5) is 0 Å². The van der Waals surface area contributed by atoms with Crippen molar-refractivity contribution in [1.82, 2.24) is 0 Å². The molecule has 17 heavy (non-hydrogen) atoms. The molecule has 0 aliphatic heterocycles. The Hall–Kier alpha value is -1.06. The first-order chi connectivity index (χ1) is 7.93. The van der Waals surface area contributed by atoms with E-state index >= 15 is 0 Å². The molecule has 4 rings (SSSR count). The second-order valence-corrected chi connectivity index (χ2v) is 6.58. The quantitative estimate of drug-likeness (QED) is 0.659. The normalized spacial score (nSPS) is 47.1. The van der Waals surface area contributed by atoms with Crippen molar-refractivity contribution in [2.24, 2.45) is 22.7 Å². The standard InChI is InChI=1S/C13H18O4/c14-10(15)6-12-2-8-1-9(3-12)5-13(4-8,7-12)11(16)17/h8-9H,1-7H2,(H,14,15)(H,16,17)/p-2/t8-,9+,12?,13?. The minimum atomic E-state index is -1.04. The summed E-state index contributed by atoms with van der Waals surface area (Å²) >= 11 is 0. The van der Waals surface area contributed by atoms with E-state index in [9.17, 15) is 19.8 Å². The summed E-state index contributed by atoms with van der Waals surface area (Å²) in [6.45, 7) is 0. The maximum absolute atomic E-state index is 11.4. The van der Waals surface area contributed by atoms with E-state index in [0.717, 1.165) is 19.3 Å². The molecule has 0 aromatic rings. The third kappa shape index (κ3) is 1.57. The van der Waals surface area contributed by atoms with Gasteiger partial charge in [0, 0.05) is 17.4 Å². The highest BCUT2D eigenvalue weighted by atomic mass is 16.4. The first-order valence-electron chi connectivity index (χ1n) is 6.34. The maximum atomic E-state index is 11.4. The lowest BCUT2D eigenvalue weighted by molar-refractivity contribution is -0.332. The Morgan fingerprint density at radius 3 is 2.12 bits per heavy atom. The minimum absolute atomic E-state index is 0.0228. The fourth-order valence-electron chi connectivity index (χ4n) is 5.20. The van der Waals surface area contributed by atoms with Crippen molar-refractivity contribution >= 4 is 11.9 Å². The number of carboxylic acid groups (broad SMARTS) is 2. The summed E-state index contributed by atoms with van der Waals surface area (Å²) in [6, 6.07) is 0. The lowest BCUT2D eigenvalue weighted by atomic mass is 9.43. The highest BCUT2D eigenvalue weighted by Crippen LogP contribution is 2.66. The largest absolute Gasteiger partial charge is 0.550 e. The lowest BCUT2D eigenvalue weighted by Crippen LogP contribution is -2.59. The van der Waals surface area contributed by atoms with Crippen LogP contribution in [0.5, 0.6) is 0 Å². The molecule has 4 bridgehead atoms. The molecule has 4 heteroatoms. The SMILES string of the molecule is O=C([O-])CC12C[C@H]3C[C@@H](C1)CC(C(=O)[O-])(C3)C2. The van der Waals surface area contributed by atoms with Gasteiger partial charge in [0.25, 0.3) is 0 Å². The van der Waals surface area contributed by atoms with Crippen molar-refractivity contribution in [3.05, 3.63) is 0 Å². The minimum Gasteiger partial charge on any atom is -0.550 e. The number of carbonyl (C=O) groups is 2. The molecule has 0 amide bonds. The van der Waals surface area contributed by atoms with E-state index in [2.05, 4.69) is 0 Å². The zero-order valence-corrected chi connectivity index (χ0v) is 9.74. The summed E-state index contributed by atoms with van der Waals surface area (Å²) < 4.78 is 0. The van der Waals surface area contributed by atoms with Crippen molar-refractivity contribution in [2.45, 2.75) is 44.9 Å². The van der Waals surface area contributed by atoms with Gasteiger partial charge in [-0.15, -0.1) is 0 Å². The van der Waals surface area contributed by atoms with Gasteiger partial charge in [-0.2, -0.15) is 0 Å². The van der Waals surface area contributed by atoms with Gasteiger partial charge in [-0.1, -0.05) is 0 Å². The zero-order valence-electron chi connectivity index (χ0n) is 9.74. The predicted molar refractivity (Wildman–Crippen MR) is 54.2 cm³/mol. The number of hydrogen-bond donors (Lipinski definition) is 0. The zero-order chi connectivity index (χ0) is 12.3. The Morgan fingerprint density at radius 2 is 1.65 bits per heavy atom. The van der Waals surface area contributed by atoms with Crippen molar-refractivity contribution in [3.63, 3.8) is 0 Å². The van der Waals surface area contributed by atoms with E-state index in [1.807, 2.05) is 0 Å². The molecule has 4 saturated carbocycles. The molecule has 2 unspecified atom stereocenters. The van der Waals surface area contributed by atoms with Crippen molar-refractivity contribution in [3.8, 4) is 0 Å². The first kappa shape index (κ1) is 11.1. The fourth-order valence-corrected chi connectivity index (χ4v) is 5.20. The molecule has 4 atom stereocenters. The third-order valence-electron chi connectivity index (χ3n) is 5.13. The Morgan fingerprint density at radius 1 is 1.06 bits per heavy atom. The molecule has 0 spiro atoms. The van der Waals surface area contributed by atoms with Gasteiger partial charge in [0.05, 0.1) is 0 Å². The summed E-state index contributed by atoms with van der Waals surface area (Å²) in [7, 11) is 0. The van der Waals surface area contributed by atoms with Crippen LogP contribution in [0.15, 0.2) is 0 Å². The van der Waals surface area contributed by atoms with Crippen LogP contribution in [0, 0.1) is 22.7 Å². The number of carbonyl (C=O) groups excluding carboxylic acids is 2. The molecular weight excluding hydrogens is 220 g/mol. The number of rotatable bonds is 3. The highest BCUT2D eigenvalue weighted by Gasteiger charge is 2.57. The monoisotopic (exact) mass is 236 g/mol. The Bertz CT molecular complexity index is 373. The summed E-state index contributed by atoms with van der Waals surface area (Å²) in [5.74, 6) is -1.24. The van der Waals surface area contributed by atoms with Gasteiger partial charge in [-0.25, -0.2) is 0 Å². The van der Waals surface area contributed by atoms with Gasteiger partial charge in [-0.05, 0) is 62.2 Å². The molecule has 4 aliphatic carbocycles. The average Bonchev–Trinajstić information content (AvgIpc) is 2.12. The van der Waals surface area contributed by atoms with E-state index in [0.29, 0.717) is 31.1 Å². The molecule has 0 heterocycles. The molecule has 4 aliphatic rings. The van der Waals surface area contributed by atoms with Crippen LogP contribution in [-0.2, 0) is 9.59 Å². The van der Waals surface area contributed by atoms with Gasteiger partial charge in [0.1, 0.15) is 0 Å². The van der Waals surface area contributed by atoms with Crippen molar-refractivity contribution < 1.29 is 19.8 Å². The summed E-state index contributed by atoms with van der Waals surface area (Å²) in [4.78, 5) is 22.3. The van der Waals surface area contributed by atoms with Gasteiger partial charge in [0.2, 0.25) is 0 Å². The van der Waals surface area contributed by atoms with E-state index in [-0.39, 0.29) is 11.8 Å². The van der Waals surface area contributed by atoms with Crippen molar-refractivity contribution in [2.75, 3.05) is 0 Å². The van der Waals surface area contributed by atoms with Crippen LogP contribution in [0.25, 0.3) is 0 Å². The van der Waals surface area contributed by atoms with Crippen LogP contribution in [0.3, 0.4) is 0 Å². The molecule has 4 fully saturated rings. The number of hydrogen-bond acceptors (Lipinski definition) is 4. The van der Waals surface area contributed by atoms with Gasteiger partial charge >= 0.3 is 0 Å². The van der Waals surface area contributed by atoms with Crippen LogP contribution in [0.2, 0.25) is 0 Å². The molecule has 94 valence electrons. The highest BCUT2D eigenvalue weighted by molar-refractivity contribution is 5.74. The van der Waals surface area contributed by atoms with Crippen LogP contribution >= 0.6 is 0 Å².